The average Bonchev–Trinajstić information content (AvgIpc) is 2.82. The van der Waals surface area contributed by atoms with Gasteiger partial charge in [-0.1, -0.05) is 6.07 Å². The van der Waals surface area contributed by atoms with Crippen LogP contribution in [0.4, 0.5) is 11.4 Å². The first-order valence-corrected chi connectivity index (χ1v) is 7.27. The number of nitrogens with zero attached hydrogens (tertiary/aromatic N) is 1. The molecule has 8 heteroatoms. The average molecular weight is 331 g/mol. The van der Waals surface area contributed by atoms with Crippen molar-refractivity contribution in [3.63, 3.8) is 0 Å². The number of ether oxygens (including phenoxy) is 1. The van der Waals surface area contributed by atoms with E-state index in [2.05, 4.69) is 10.3 Å². The number of carbonyl (C=O) groups is 2. The Hall–Kier alpha value is -3.16. The minimum Gasteiger partial charge on any atom is -0.462 e. The van der Waals surface area contributed by atoms with Crippen molar-refractivity contribution in [2.24, 2.45) is 0 Å². The normalized spacial score (nSPS) is 10.3. The van der Waals surface area contributed by atoms with E-state index in [0.717, 1.165) is 0 Å². The number of benzene rings is 1. The van der Waals surface area contributed by atoms with E-state index in [9.17, 15) is 19.7 Å². The number of hydrogen-bond donors (Lipinski definition) is 2. The van der Waals surface area contributed by atoms with E-state index < -0.39 is 16.8 Å². The van der Waals surface area contributed by atoms with Crippen molar-refractivity contribution in [2.45, 2.75) is 20.8 Å². The van der Waals surface area contributed by atoms with E-state index in [1.54, 1.807) is 26.8 Å². The minimum absolute atomic E-state index is 0.126. The fraction of sp³-hybridized carbons (Fsp3) is 0.250. The van der Waals surface area contributed by atoms with Crippen LogP contribution in [-0.2, 0) is 4.74 Å². The monoisotopic (exact) mass is 331 g/mol. The lowest BCUT2D eigenvalue weighted by Gasteiger charge is -2.05. The van der Waals surface area contributed by atoms with Crippen LogP contribution in [-0.4, -0.2) is 28.4 Å². The molecule has 2 aromatic rings. The molecule has 1 heterocycles. The molecule has 24 heavy (non-hydrogen) atoms. The van der Waals surface area contributed by atoms with Gasteiger partial charge in [0.2, 0.25) is 0 Å². The summed E-state index contributed by atoms with van der Waals surface area (Å²) in [4.78, 5) is 37.5. The number of amides is 1. The van der Waals surface area contributed by atoms with Crippen LogP contribution in [0.3, 0.4) is 0 Å². The Morgan fingerprint density at radius 1 is 1.33 bits per heavy atom. The number of esters is 1. The van der Waals surface area contributed by atoms with Crippen molar-refractivity contribution in [1.29, 1.82) is 0 Å². The molecule has 0 aliphatic heterocycles. The smallest absolute Gasteiger partial charge is 0.340 e. The number of H-pyrrole nitrogens is 1. The second-order valence-electron chi connectivity index (χ2n) is 5.11. The molecule has 0 fully saturated rings. The maximum absolute atomic E-state index is 12.4. The molecule has 2 N–H and O–H groups in total. The first-order chi connectivity index (χ1) is 11.3. The predicted octanol–water partition coefficient (Wildman–Crippen LogP) is 2.97. The van der Waals surface area contributed by atoms with E-state index in [0.29, 0.717) is 22.5 Å². The molecule has 2 rings (SSSR count). The Labute approximate surface area is 138 Å². The van der Waals surface area contributed by atoms with Gasteiger partial charge in [0.05, 0.1) is 17.1 Å². The van der Waals surface area contributed by atoms with E-state index in [4.69, 9.17) is 4.74 Å². The van der Waals surface area contributed by atoms with Crippen LogP contribution in [0.5, 0.6) is 0 Å². The van der Waals surface area contributed by atoms with Crippen LogP contribution in [0.2, 0.25) is 0 Å². The molecule has 0 aliphatic rings. The van der Waals surface area contributed by atoms with Crippen LogP contribution < -0.4 is 5.32 Å². The summed E-state index contributed by atoms with van der Waals surface area (Å²) in [6, 6.07) is 5.61. The van der Waals surface area contributed by atoms with Crippen molar-refractivity contribution in [3.8, 4) is 0 Å². The third-order valence-corrected chi connectivity index (χ3v) is 3.46. The largest absolute Gasteiger partial charge is 0.462 e. The highest BCUT2D eigenvalue weighted by atomic mass is 16.6. The number of aromatic nitrogens is 1. The molecule has 0 atom stereocenters. The third kappa shape index (κ3) is 3.43. The van der Waals surface area contributed by atoms with Gasteiger partial charge in [-0.05, 0) is 32.4 Å². The quantitative estimate of drug-likeness (QED) is 0.496. The summed E-state index contributed by atoms with van der Waals surface area (Å²) in [6.07, 6.45) is 0. The maximum atomic E-state index is 12.4. The molecule has 126 valence electrons. The molecule has 0 spiro atoms. The third-order valence-electron chi connectivity index (χ3n) is 3.46. The van der Waals surface area contributed by atoms with Gasteiger partial charge in [0.25, 0.3) is 11.6 Å². The number of carbonyl (C=O) groups excluding carboxylic acids is 2. The molecule has 1 aromatic carbocycles. The first-order valence-electron chi connectivity index (χ1n) is 7.27. The van der Waals surface area contributed by atoms with Gasteiger partial charge in [0.15, 0.2) is 0 Å². The molecular formula is C16H17N3O5. The Morgan fingerprint density at radius 2 is 2.04 bits per heavy atom. The predicted molar refractivity (Wildman–Crippen MR) is 87.3 cm³/mol. The number of hydrogen-bond acceptors (Lipinski definition) is 5. The Bertz CT molecular complexity index is 810. The lowest BCUT2D eigenvalue weighted by atomic mass is 10.1. The Morgan fingerprint density at radius 3 is 2.67 bits per heavy atom. The summed E-state index contributed by atoms with van der Waals surface area (Å²) in [5, 5.41) is 13.4. The topological polar surface area (TPSA) is 114 Å². The van der Waals surface area contributed by atoms with Gasteiger partial charge in [-0.2, -0.15) is 0 Å². The number of non-ortho nitro benzene ring substituents is 1. The standard InChI is InChI=1S/C16H17N3O5/c1-4-24-16(21)13-9(2)14(17-10(13)3)15(20)18-11-6-5-7-12(8-11)19(22)23/h5-8,17H,4H2,1-3H3,(H,18,20). The van der Waals surface area contributed by atoms with E-state index in [1.165, 1.54) is 18.2 Å². The second-order valence-corrected chi connectivity index (χ2v) is 5.11. The molecule has 0 saturated heterocycles. The lowest BCUT2D eigenvalue weighted by molar-refractivity contribution is -0.384. The van der Waals surface area contributed by atoms with Gasteiger partial charge < -0.3 is 15.0 Å². The van der Waals surface area contributed by atoms with Crippen LogP contribution in [0.25, 0.3) is 0 Å². The zero-order chi connectivity index (χ0) is 17.9. The van der Waals surface area contributed by atoms with Crippen LogP contribution in [0, 0.1) is 24.0 Å². The van der Waals surface area contributed by atoms with E-state index >= 15 is 0 Å². The van der Waals surface area contributed by atoms with Gasteiger partial charge in [-0.25, -0.2) is 4.79 Å². The molecule has 1 aromatic heterocycles. The van der Waals surface area contributed by atoms with Gasteiger partial charge in [0.1, 0.15) is 5.69 Å². The summed E-state index contributed by atoms with van der Waals surface area (Å²) in [5.41, 5.74) is 1.69. The molecule has 1 amide bonds. The summed E-state index contributed by atoms with van der Waals surface area (Å²) in [6.45, 7) is 5.24. The zero-order valence-corrected chi connectivity index (χ0v) is 13.5. The Kier molecular flexibility index (Phi) is 4.98. The number of nitro groups is 1. The van der Waals surface area contributed by atoms with Gasteiger partial charge in [-0.3, -0.25) is 14.9 Å². The number of aryl methyl sites for hydroxylation is 1. The van der Waals surface area contributed by atoms with Crippen LogP contribution in [0.15, 0.2) is 24.3 Å². The number of anilines is 1. The molecule has 0 radical (unpaired) electrons. The molecule has 0 unspecified atom stereocenters. The molecule has 0 aliphatic carbocycles. The molecule has 0 bridgehead atoms. The van der Waals surface area contributed by atoms with Crippen molar-refractivity contribution in [3.05, 3.63) is 56.9 Å². The molecular weight excluding hydrogens is 314 g/mol. The summed E-state index contributed by atoms with van der Waals surface area (Å²) in [7, 11) is 0. The summed E-state index contributed by atoms with van der Waals surface area (Å²) >= 11 is 0. The van der Waals surface area contributed by atoms with Gasteiger partial charge in [-0.15, -0.1) is 0 Å². The van der Waals surface area contributed by atoms with Crippen molar-refractivity contribution in [2.75, 3.05) is 11.9 Å². The first kappa shape index (κ1) is 17.2. The Balaban J connectivity index is 2.28. The van der Waals surface area contributed by atoms with Gasteiger partial charge in [0, 0.05) is 23.5 Å². The van der Waals surface area contributed by atoms with E-state index in [1.807, 2.05) is 0 Å². The maximum Gasteiger partial charge on any atom is 0.340 e. The van der Waals surface area contributed by atoms with Crippen LogP contribution >= 0.6 is 0 Å². The van der Waals surface area contributed by atoms with Crippen molar-refractivity contribution in [1.82, 2.24) is 4.98 Å². The summed E-state index contributed by atoms with van der Waals surface area (Å²) in [5.74, 6) is -0.996. The minimum atomic E-state index is -0.543. The highest BCUT2D eigenvalue weighted by Crippen LogP contribution is 2.22. The number of aromatic amines is 1. The SMILES string of the molecule is CCOC(=O)c1c(C)[nH]c(C(=O)Nc2cccc([N+](=O)[O-])c2)c1C. The summed E-state index contributed by atoms with van der Waals surface area (Å²) < 4.78 is 4.98. The second kappa shape index (κ2) is 6.95. The zero-order valence-electron chi connectivity index (χ0n) is 13.5. The molecule has 0 saturated carbocycles. The number of nitro benzene ring substituents is 1. The lowest BCUT2D eigenvalue weighted by Crippen LogP contribution is -2.14. The highest BCUT2D eigenvalue weighted by Gasteiger charge is 2.23. The van der Waals surface area contributed by atoms with Crippen molar-refractivity contribution >= 4 is 23.3 Å². The number of rotatable bonds is 5. The number of nitrogens with one attached hydrogen (secondary N) is 2. The highest BCUT2D eigenvalue weighted by molar-refractivity contribution is 6.06. The van der Waals surface area contributed by atoms with Crippen LogP contribution in [0.1, 0.15) is 39.0 Å². The van der Waals surface area contributed by atoms with Crippen molar-refractivity contribution < 1.29 is 19.2 Å². The fourth-order valence-corrected chi connectivity index (χ4v) is 2.38. The fourth-order valence-electron chi connectivity index (χ4n) is 2.38. The van der Waals surface area contributed by atoms with E-state index in [-0.39, 0.29) is 18.0 Å². The van der Waals surface area contributed by atoms with Gasteiger partial charge >= 0.3 is 5.97 Å². The molecule has 8 nitrogen and oxygen atoms in total.